The van der Waals surface area contributed by atoms with Crippen LogP contribution in [0.15, 0.2) is 143 Å². The molecule has 0 spiro atoms. The number of rotatable bonds is 16. The van der Waals surface area contributed by atoms with Gasteiger partial charge in [0.05, 0.1) is 11.2 Å². The third-order valence-corrected chi connectivity index (χ3v) is 12.9. The van der Waals surface area contributed by atoms with Crippen molar-refractivity contribution in [2.24, 2.45) is 4.99 Å². The van der Waals surface area contributed by atoms with E-state index in [4.69, 9.17) is 4.99 Å². The van der Waals surface area contributed by atoms with Gasteiger partial charge in [0.2, 0.25) is 0 Å². The molecule has 0 radical (unpaired) electrons. The molecule has 3 heterocycles. The number of hydrogen-bond acceptors (Lipinski definition) is 3. The number of anilines is 3. The molecule has 1 N–H and O–H groups in total. The minimum Gasteiger partial charge on any atom is -0.481 e. The van der Waals surface area contributed by atoms with Gasteiger partial charge < -0.3 is 19.1 Å². The van der Waals surface area contributed by atoms with Gasteiger partial charge >= 0.3 is 13.4 Å². The standard InChI is InChI=1S/C54H55BF2N4O2/c1-7-45-35(3)53(58-37(45)5)52(54-36(4)46(8-2)38(6)61(54)55(56)57)40-26-24-39(25-27-40)41-28-30-47-48-31-29-44(60(42-19-13-11-14-20-42)43-21-15-12-16-22-43)34-50(48)59(49(47)33-41)32-18-10-9-17-23-51(62)63/h11-16,19-22,24-31,33-34H,7-10,17-18,23,32H2,1-6H3,(H,62,63)/b53-52-. The quantitative estimate of drug-likeness (QED) is 0.0779. The molecule has 1 aliphatic rings. The summed E-state index contributed by atoms with van der Waals surface area (Å²) in [6.07, 6.45) is 5.04. The summed E-state index contributed by atoms with van der Waals surface area (Å²) in [6.45, 7) is 12.8. The lowest BCUT2D eigenvalue weighted by atomic mass is 9.91. The number of aliphatic imine (C=N–C) groups is 1. The molecule has 0 saturated heterocycles. The highest BCUT2D eigenvalue weighted by molar-refractivity contribution is 6.41. The van der Waals surface area contributed by atoms with Crippen LogP contribution in [0.3, 0.4) is 0 Å². The summed E-state index contributed by atoms with van der Waals surface area (Å²) < 4.78 is 33.8. The number of benzene rings is 5. The van der Waals surface area contributed by atoms with E-state index in [0.717, 1.165) is 122 Å². The lowest BCUT2D eigenvalue weighted by Crippen LogP contribution is -2.18. The molecule has 7 aromatic rings. The Morgan fingerprint density at radius 3 is 1.89 bits per heavy atom. The van der Waals surface area contributed by atoms with E-state index in [1.807, 2.05) is 32.9 Å². The van der Waals surface area contributed by atoms with Crippen LogP contribution in [0, 0.1) is 13.8 Å². The number of unbranched alkanes of at least 4 members (excludes halogenated alkanes) is 3. The Morgan fingerprint density at radius 2 is 1.30 bits per heavy atom. The second-order valence-corrected chi connectivity index (χ2v) is 16.6. The Kier molecular flexibility index (Phi) is 12.7. The van der Waals surface area contributed by atoms with Crippen molar-refractivity contribution in [1.29, 1.82) is 0 Å². The fourth-order valence-corrected chi connectivity index (χ4v) is 9.84. The molecule has 0 unspecified atom stereocenters. The minimum atomic E-state index is -2.70. The molecule has 9 heteroatoms. The fraction of sp³-hybridized carbons (Fsp3) is 0.259. The second-order valence-electron chi connectivity index (χ2n) is 16.6. The average molecular weight is 841 g/mol. The van der Waals surface area contributed by atoms with Gasteiger partial charge in [-0.2, -0.15) is 0 Å². The summed E-state index contributed by atoms with van der Waals surface area (Å²) in [5.41, 5.74) is 15.9. The number of carboxylic acid groups (broad SMARTS) is 1. The molecule has 0 bridgehead atoms. The molecule has 63 heavy (non-hydrogen) atoms. The van der Waals surface area contributed by atoms with E-state index in [1.165, 1.54) is 9.86 Å². The molecule has 0 saturated carbocycles. The first-order valence-electron chi connectivity index (χ1n) is 22.3. The maximum absolute atomic E-state index is 15.1. The summed E-state index contributed by atoms with van der Waals surface area (Å²) in [5.74, 6) is -0.752. The Hall–Kier alpha value is -6.48. The summed E-state index contributed by atoms with van der Waals surface area (Å²) in [4.78, 5) is 18.6. The van der Waals surface area contributed by atoms with Gasteiger partial charge in [0, 0.05) is 69.0 Å². The van der Waals surface area contributed by atoms with Crippen molar-refractivity contribution in [3.63, 3.8) is 0 Å². The molecule has 5 aromatic carbocycles. The first-order chi connectivity index (χ1) is 30.5. The van der Waals surface area contributed by atoms with Gasteiger partial charge in [0.25, 0.3) is 0 Å². The highest BCUT2D eigenvalue weighted by atomic mass is 19.2. The van der Waals surface area contributed by atoms with Gasteiger partial charge in [0.15, 0.2) is 0 Å². The Bertz CT molecular complexity index is 2870. The largest absolute Gasteiger partial charge is 0.677 e. The normalized spacial score (nSPS) is 13.6. The van der Waals surface area contributed by atoms with Crippen LogP contribution in [0.2, 0.25) is 0 Å². The third-order valence-electron chi connectivity index (χ3n) is 12.9. The molecule has 8 rings (SSSR count). The van der Waals surface area contributed by atoms with Crippen LogP contribution in [0.5, 0.6) is 0 Å². The van der Waals surface area contributed by atoms with Crippen molar-refractivity contribution in [2.45, 2.75) is 93.0 Å². The van der Waals surface area contributed by atoms with Crippen LogP contribution in [0.1, 0.15) is 94.3 Å². The number of halogens is 2. The first kappa shape index (κ1) is 43.2. The van der Waals surface area contributed by atoms with E-state index in [0.29, 0.717) is 24.2 Å². The summed E-state index contributed by atoms with van der Waals surface area (Å²) in [7, 11) is -2.70. The second kappa shape index (κ2) is 18.5. The monoisotopic (exact) mass is 840 g/mol. The number of hydrogen-bond donors (Lipinski definition) is 1. The fourth-order valence-electron chi connectivity index (χ4n) is 9.84. The van der Waals surface area contributed by atoms with E-state index >= 15 is 8.63 Å². The van der Waals surface area contributed by atoms with Gasteiger partial charge in [0.1, 0.15) is 0 Å². The van der Waals surface area contributed by atoms with E-state index in [9.17, 15) is 9.90 Å². The van der Waals surface area contributed by atoms with E-state index < -0.39 is 13.4 Å². The van der Waals surface area contributed by atoms with Crippen molar-refractivity contribution in [3.05, 3.63) is 166 Å². The molecular weight excluding hydrogens is 785 g/mol. The highest BCUT2D eigenvalue weighted by Crippen LogP contribution is 2.43. The predicted molar refractivity (Wildman–Crippen MR) is 259 cm³/mol. The predicted octanol–water partition coefficient (Wildman–Crippen LogP) is 14.7. The molecule has 320 valence electrons. The molecular formula is C54H55BF2N4O2. The van der Waals surface area contributed by atoms with Crippen LogP contribution in [-0.4, -0.2) is 33.2 Å². The van der Waals surface area contributed by atoms with Gasteiger partial charge in [-0.15, -0.1) is 0 Å². The maximum atomic E-state index is 15.1. The van der Waals surface area contributed by atoms with Crippen molar-refractivity contribution < 1.29 is 18.5 Å². The van der Waals surface area contributed by atoms with Crippen LogP contribution in [0.25, 0.3) is 38.5 Å². The van der Waals surface area contributed by atoms with E-state index in [-0.39, 0.29) is 6.42 Å². The molecule has 0 atom stereocenters. The van der Waals surface area contributed by atoms with Crippen LogP contribution >= 0.6 is 0 Å². The number of para-hydroxylation sites is 2. The number of nitrogens with zero attached hydrogens (tertiary/aromatic N) is 4. The van der Waals surface area contributed by atoms with Crippen molar-refractivity contribution in [1.82, 2.24) is 9.05 Å². The molecule has 1 aliphatic heterocycles. The Balaban J connectivity index is 1.24. The number of fused-ring (bicyclic) bond motifs is 3. The highest BCUT2D eigenvalue weighted by Gasteiger charge is 2.32. The topological polar surface area (TPSA) is 62.8 Å². The summed E-state index contributed by atoms with van der Waals surface area (Å²) in [5, 5.41) is 11.5. The zero-order valence-electron chi connectivity index (χ0n) is 37.2. The van der Waals surface area contributed by atoms with E-state index in [1.54, 1.807) is 6.92 Å². The number of carboxylic acids is 1. The molecule has 2 aromatic heterocycles. The number of aryl methyl sites for hydroxylation is 1. The van der Waals surface area contributed by atoms with Crippen LogP contribution in [0.4, 0.5) is 25.7 Å². The maximum Gasteiger partial charge on any atom is 0.677 e. The van der Waals surface area contributed by atoms with E-state index in [2.05, 4.69) is 133 Å². The third kappa shape index (κ3) is 8.29. The Labute approximate surface area is 370 Å². The molecule has 0 aliphatic carbocycles. The summed E-state index contributed by atoms with van der Waals surface area (Å²) >= 11 is 0. The average Bonchev–Trinajstić information content (AvgIpc) is 3.85. The lowest BCUT2D eigenvalue weighted by molar-refractivity contribution is -0.137. The number of allylic oxidation sites excluding steroid dienone is 2. The lowest BCUT2D eigenvalue weighted by Gasteiger charge is -2.25. The van der Waals surface area contributed by atoms with Crippen molar-refractivity contribution in [3.8, 4) is 11.1 Å². The molecule has 0 fully saturated rings. The number of carbonyl (C=O) groups is 1. The number of aromatic nitrogens is 2. The number of aliphatic carboxylic acids is 1. The van der Waals surface area contributed by atoms with Gasteiger partial charge in [-0.3, -0.25) is 18.4 Å². The van der Waals surface area contributed by atoms with Crippen LogP contribution < -0.4 is 4.90 Å². The van der Waals surface area contributed by atoms with Crippen LogP contribution in [-0.2, 0) is 17.8 Å². The van der Waals surface area contributed by atoms with Gasteiger partial charge in [-0.05, 0) is 135 Å². The molecule has 6 nitrogen and oxygen atoms in total. The first-order valence-corrected chi connectivity index (χ1v) is 22.3. The minimum absolute atomic E-state index is 0.190. The van der Waals surface area contributed by atoms with Gasteiger partial charge in [-0.25, -0.2) is 0 Å². The smallest absolute Gasteiger partial charge is 0.481 e. The van der Waals surface area contributed by atoms with Crippen molar-refractivity contribution in [2.75, 3.05) is 4.90 Å². The zero-order valence-corrected chi connectivity index (χ0v) is 37.2. The summed E-state index contributed by atoms with van der Waals surface area (Å²) in [6, 6.07) is 42.5. The zero-order chi connectivity index (χ0) is 44.4. The Morgan fingerprint density at radius 1 is 0.698 bits per heavy atom. The SMILES string of the molecule is CCC1=C(C)/C(=C(\c2ccc(-c3ccc4c5ccc(N(c6ccccc6)c6ccccc6)cc5n(CCCCCCC(=O)O)c4c3)cc2)c2c(C)c(CC)c(C)n2B(F)F)N=C1C. The van der Waals surface area contributed by atoms with Gasteiger partial charge in [-0.1, -0.05) is 106 Å². The van der Waals surface area contributed by atoms with Crippen molar-refractivity contribution >= 4 is 63.5 Å². The molecule has 0 amide bonds.